The summed E-state index contributed by atoms with van der Waals surface area (Å²) in [5, 5.41) is 4.37. The Kier molecular flexibility index (Phi) is 4.62. The minimum absolute atomic E-state index is 0.561. The highest BCUT2D eigenvalue weighted by molar-refractivity contribution is 7.80. The van der Waals surface area contributed by atoms with Gasteiger partial charge in [-0.25, -0.2) is 0 Å². The molecule has 17 heavy (non-hydrogen) atoms. The molecule has 0 bridgehead atoms. The first-order valence-electron chi connectivity index (χ1n) is 7.01. The van der Waals surface area contributed by atoms with Crippen molar-refractivity contribution >= 4 is 17.3 Å². The van der Waals surface area contributed by atoms with E-state index in [1.807, 2.05) is 0 Å². The number of hydrogen-bond donors (Lipinski definition) is 1. The van der Waals surface area contributed by atoms with Crippen LogP contribution in [0.5, 0.6) is 0 Å². The van der Waals surface area contributed by atoms with Crippen LogP contribution in [-0.4, -0.2) is 53.2 Å². The molecule has 98 valence electrons. The van der Waals surface area contributed by atoms with Crippen LogP contribution in [0.2, 0.25) is 0 Å². The van der Waals surface area contributed by atoms with Gasteiger partial charge in [0.15, 0.2) is 5.11 Å². The second-order valence-corrected chi connectivity index (χ2v) is 5.76. The zero-order valence-electron chi connectivity index (χ0n) is 11.1. The zero-order valence-corrected chi connectivity index (χ0v) is 11.9. The molecule has 2 unspecified atom stereocenters. The smallest absolute Gasteiger partial charge is 0.169 e. The van der Waals surface area contributed by atoms with Crippen molar-refractivity contribution in [3.05, 3.63) is 0 Å². The topological polar surface area (TPSA) is 18.5 Å². The van der Waals surface area contributed by atoms with Gasteiger partial charge in [0.1, 0.15) is 0 Å². The van der Waals surface area contributed by atoms with E-state index < -0.39 is 0 Å². The number of nitrogens with zero attached hydrogens (tertiary/aromatic N) is 2. The first-order valence-corrected chi connectivity index (χ1v) is 7.41. The monoisotopic (exact) mass is 255 g/mol. The minimum atomic E-state index is 0.561. The second-order valence-electron chi connectivity index (χ2n) is 5.38. The predicted molar refractivity (Wildman–Crippen MR) is 76.3 cm³/mol. The number of nitrogens with one attached hydrogen (secondary N) is 1. The van der Waals surface area contributed by atoms with Crippen LogP contribution in [0.15, 0.2) is 0 Å². The molecule has 4 heteroatoms. The molecule has 0 aromatic rings. The average Bonchev–Trinajstić information content (AvgIpc) is 2.75. The summed E-state index contributed by atoms with van der Waals surface area (Å²) in [6.45, 7) is 9.12. The number of rotatable bonds is 3. The van der Waals surface area contributed by atoms with Crippen LogP contribution in [0, 0.1) is 0 Å². The molecular formula is C13H25N3S. The van der Waals surface area contributed by atoms with E-state index in [9.17, 15) is 0 Å². The van der Waals surface area contributed by atoms with Crippen molar-refractivity contribution in [2.24, 2.45) is 0 Å². The molecule has 0 aliphatic carbocycles. The van der Waals surface area contributed by atoms with E-state index in [0.717, 1.165) is 24.2 Å². The van der Waals surface area contributed by atoms with Crippen LogP contribution in [0.25, 0.3) is 0 Å². The first-order chi connectivity index (χ1) is 8.22. The third kappa shape index (κ3) is 3.10. The lowest BCUT2D eigenvalue weighted by Gasteiger charge is -2.43. The highest BCUT2D eigenvalue weighted by atomic mass is 32.1. The Labute approximate surface area is 111 Å². The molecule has 2 aliphatic heterocycles. The maximum absolute atomic E-state index is 5.52. The Morgan fingerprint density at radius 1 is 1.41 bits per heavy atom. The summed E-state index contributed by atoms with van der Waals surface area (Å²) in [5.74, 6) is 0. The lowest BCUT2D eigenvalue weighted by molar-refractivity contribution is 0.108. The number of hydrogen-bond acceptors (Lipinski definition) is 2. The zero-order chi connectivity index (χ0) is 12.3. The van der Waals surface area contributed by atoms with Gasteiger partial charge in [0.2, 0.25) is 0 Å². The van der Waals surface area contributed by atoms with Crippen molar-refractivity contribution in [1.29, 1.82) is 0 Å². The number of fused-ring (bicyclic) bond motifs is 1. The number of piperazine rings is 1. The standard InChI is InChI=1S/C13H25N3S/c1-3-4-7-14-13(17)16-10-12-6-5-8-15(12)9-11(16)2/h11-12H,3-10H2,1-2H3,(H,14,17). The fourth-order valence-electron chi connectivity index (χ4n) is 2.94. The van der Waals surface area contributed by atoms with Crippen molar-refractivity contribution in [2.45, 2.75) is 51.6 Å². The van der Waals surface area contributed by atoms with E-state index in [-0.39, 0.29) is 0 Å². The summed E-state index contributed by atoms with van der Waals surface area (Å²) in [5.41, 5.74) is 0. The van der Waals surface area contributed by atoms with E-state index in [1.165, 1.54) is 38.8 Å². The van der Waals surface area contributed by atoms with Gasteiger partial charge in [0.25, 0.3) is 0 Å². The average molecular weight is 255 g/mol. The molecule has 2 saturated heterocycles. The Morgan fingerprint density at radius 3 is 3.00 bits per heavy atom. The molecule has 1 N–H and O–H groups in total. The van der Waals surface area contributed by atoms with Crippen LogP contribution in [-0.2, 0) is 0 Å². The van der Waals surface area contributed by atoms with Crippen LogP contribution < -0.4 is 5.32 Å². The van der Waals surface area contributed by atoms with E-state index in [0.29, 0.717) is 6.04 Å². The van der Waals surface area contributed by atoms with Crippen LogP contribution >= 0.6 is 12.2 Å². The fourth-order valence-corrected chi connectivity index (χ4v) is 3.30. The van der Waals surface area contributed by atoms with Crippen molar-refractivity contribution in [2.75, 3.05) is 26.2 Å². The SMILES string of the molecule is CCCCNC(=S)N1CC2CCCN2CC1C. The fraction of sp³-hybridized carbons (Fsp3) is 0.923. The van der Waals surface area contributed by atoms with Crippen LogP contribution in [0.4, 0.5) is 0 Å². The van der Waals surface area contributed by atoms with Crippen molar-refractivity contribution in [3.63, 3.8) is 0 Å². The summed E-state index contributed by atoms with van der Waals surface area (Å²) in [6.07, 6.45) is 5.14. The molecule has 2 heterocycles. The van der Waals surface area contributed by atoms with Gasteiger partial charge in [-0.3, -0.25) is 4.90 Å². The molecule has 2 atom stereocenters. The van der Waals surface area contributed by atoms with E-state index in [1.54, 1.807) is 0 Å². The second kappa shape index (κ2) is 6.01. The normalized spacial score (nSPS) is 29.2. The molecule has 0 amide bonds. The maximum atomic E-state index is 5.52. The third-order valence-corrected chi connectivity index (χ3v) is 4.38. The van der Waals surface area contributed by atoms with Crippen LogP contribution in [0.1, 0.15) is 39.5 Å². The number of unbranched alkanes of at least 4 members (excludes halogenated alkanes) is 1. The van der Waals surface area contributed by atoms with Gasteiger partial charge in [-0.1, -0.05) is 13.3 Å². The highest BCUT2D eigenvalue weighted by Crippen LogP contribution is 2.24. The summed E-state index contributed by atoms with van der Waals surface area (Å²) in [4.78, 5) is 5.04. The molecule has 2 aliphatic rings. The largest absolute Gasteiger partial charge is 0.363 e. The number of thiocarbonyl (C=S) groups is 1. The third-order valence-electron chi connectivity index (χ3n) is 4.00. The van der Waals surface area contributed by atoms with Gasteiger partial charge in [0, 0.05) is 31.7 Å². The lowest BCUT2D eigenvalue weighted by atomic mass is 10.1. The molecule has 0 aromatic carbocycles. The van der Waals surface area contributed by atoms with Crippen molar-refractivity contribution in [3.8, 4) is 0 Å². The first kappa shape index (κ1) is 13.1. The summed E-state index contributed by atoms with van der Waals surface area (Å²) >= 11 is 5.52. The van der Waals surface area contributed by atoms with Gasteiger partial charge < -0.3 is 10.2 Å². The molecule has 0 spiro atoms. The Hall–Kier alpha value is -0.350. The van der Waals surface area contributed by atoms with Gasteiger partial charge in [-0.05, 0) is 44.9 Å². The molecular weight excluding hydrogens is 230 g/mol. The Morgan fingerprint density at radius 2 is 2.24 bits per heavy atom. The maximum Gasteiger partial charge on any atom is 0.169 e. The predicted octanol–water partition coefficient (Wildman–Crippen LogP) is 1.83. The lowest BCUT2D eigenvalue weighted by Crippen LogP contribution is -2.58. The van der Waals surface area contributed by atoms with Crippen LogP contribution in [0.3, 0.4) is 0 Å². The quantitative estimate of drug-likeness (QED) is 0.612. The molecule has 0 radical (unpaired) electrons. The molecule has 2 fully saturated rings. The van der Waals surface area contributed by atoms with Gasteiger partial charge in [0.05, 0.1) is 0 Å². The van der Waals surface area contributed by atoms with Gasteiger partial charge in [-0.15, -0.1) is 0 Å². The minimum Gasteiger partial charge on any atom is -0.363 e. The van der Waals surface area contributed by atoms with E-state index in [4.69, 9.17) is 12.2 Å². The Bertz CT molecular complexity index is 269. The molecule has 0 aromatic heterocycles. The van der Waals surface area contributed by atoms with Crippen molar-refractivity contribution in [1.82, 2.24) is 15.1 Å². The van der Waals surface area contributed by atoms with Gasteiger partial charge >= 0.3 is 0 Å². The van der Waals surface area contributed by atoms with Gasteiger partial charge in [-0.2, -0.15) is 0 Å². The molecule has 3 nitrogen and oxygen atoms in total. The van der Waals surface area contributed by atoms with E-state index >= 15 is 0 Å². The highest BCUT2D eigenvalue weighted by Gasteiger charge is 2.35. The summed E-state index contributed by atoms with van der Waals surface area (Å²) in [6, 6.07) is 1.31. The van der Waals surface area contributed by atoms with Crippen molar-refractivity contribution < 1.29 is 0 Å². The Balaban J connectivity index is 1.84. The summed E-state index contributed by atoms with van der Waals surface area (Å²) < 4.78 is 0. The molecule has 0 saturated carbocycles. The summed E-state index contributed by atoms with van der Waals surface area (Å²) in [7, 11) is 0. The van der Waals surface area contributed by atoms with E-state index in [2.05, 4.69) is 29.0 Å². The molecule has 2 rings (SSSR count).